The van der Waals surface area contributed by atoms with Crippen LogP contribution in [-0.2, 0) is 12.6 Å². The number of alkyl halides is 6. The number of nitrogens with zero attached hydrogens (tertiary/aromatic N) is 2. The number of aliphatic hydroxyl groups excluding tert-OH is 1. The summed E-state index contributed by atoms with van der Waals surface area (Å²) >= 11 is 0. The number of piperidine rings is 1. The molecule has 5 nitrogen and oxygen atoms in total. The summed E-state index contributed by atoms with van der Waals surface area (Å²) in [6, 6.07) is 2.95. The van der Waals surface area contributed by atoms with E-state index in [-0.39, 0.29) is 40.7 Å². The minimum absolute atomic E-state index is 0.0411. The fourth-order valence-electron chi connectivity index (χ4n) is 6.68. The molecule has 0 bridgehead atoms. The van der Waals surface area contributed by atoms with Crippen molar-refractivity contribution in [3.63, 3.8) is 0 Å². The number of likely N-dealkylation sites (tertiary alicyclic amines) is 1. The first-order valence-corrected chi connectivity index (χ1v) is 14.7. The lowest BCUT2D eigenvalue weighted by Crippen LogP contribution is -2.49. The first-order chi connectivity index (χ1) is 20.7. The Balaban J connectivity index is 1.53. The third-order valence-electron chi connectivity index (χ3n) is 8.88. The largest absolute Gasteiger partial charge is 0.416 e. The van der Waals surface area contributed by atoms with Crippen LogP contribution in [0.2, 0.25) is 0 Å². The molecule has 242 valence electrons. The van der Waals surface area contributed by atoms with Gasteiger partial charge in [0.1, 0.15) is 18.2 Å². The van der Waals surface area contributed by atoms with E-state index in [9.17, 15) is 31.4 Å². The average Bonchev–Trinajstić information content (AvgIpc) is 3.31. The average molecular weight is 633 g/mol. The number of aromatic amines is 1. The highest BCUT2D eigenvalue weighted by molar-refractivity contribution is 5.86. The zero-order valence-corrected chi connectivity index (χ0v) is 24.4. The summed E-state index contributed by atoms with van der Waals surface area (Å²) in [5.74, 6) is -5.52. The molecule has 3 aromatic rings. The van der Waals surface area contributed by atoms with Gasteiger partial charge in [0.05, 0.1) is 24.8 Å². The highest BCUT2D eigenvalue weighted by Gasteiger charge is 2.44. The van der Waals surface area contributed by atoms with Crippen LogP contribution in [0.3, 0.4) is 0 Å². The number of nitrogens with one attached hydrogen (secondary N) is 2. The van der Waals surface area contributed by atoms with E-state index in [0.717, 1.165) is 24.3 Å². The van der Waals surface area contributed by atoms with E-state index in [0.29, 0.717) is 38.0 Å². The lowest BCUT2D eigenvalue weighted by Gasteiger charge is -2.42. The van der Waals surface area contributed by atoms with E-state index in [4.69, 9.17) is 0 Å². The second-order valence-electron chi connectivity index (χ2n) is 12.1. The SMILES string of the molecule is CC1CN(CCCF)CC[C@@H]1Nc1cc(F)c([C@@H]2c3[nH]c4ccc(C(F)(F)F)cc4c3C[C@@H](C)N2CC(F)(F)CO)c(F)c1. The summed E-state index contributed by atoms with van der Waals surface area (Å²) < 4.78 is 114. The lowest BCUT2D eigenvalue weighted by molar-refractivity contribution is -0.137. The number of benzene rings is 2. The van der Waals surface area contributed by atoms with Gasteiger partial charge >= 0.3 is 6.18 Å². The van der Waals surface area contributed by atoms with Crippen molar-refractivity contribution in [1.29, 1.82) is 0 Å². The van der Waals surface area contributed by atoms with Crippen LogP contribution >= 0.6 is 0 Å². The molecule has 44 heavy (non-hydrogen) atoms. The summed E-state index contributed by atoms with van der Waals surface area (Å²) in [5.41, 5.74) is -0.489. The van der Waals surface area contributed by atoms with Gasteiger partial charge in [-0.3, -0.25) is 9.29 Å². The molecule has 5 rings (SSSR count). The Bertz CT molecular complexity index is 1450. The van der Waals surface area contributed by atoms with E-state index < -0.39 is 66.8 Å². The van der Waals surface area contributed by atoms with Gasteiger partial charge in [-0.15, -0.1) is 0 Å². The number of hydrogen-bond acceptors (Lipinski definition) is 4. The van der Waals surface area contributed by atoms with Crippen LogP contribution in [0.1, 0.15) is 55.1 Å². The Morgan fingerprint density at radius 3 is 2.36 bits per heavy atom. The fraction of sp³-hybridized carbons (Fsp3) is 0.548. The molecular formula is C31H36F8N4O. The van der Waals surface area contributed by atoms with E-state index >= 15 is 8.78 Å². The minimum atomic E-state index is -4.63. The molecule has 2 aliphatic rings. The van der Waals surface area contributed by atoms with Gasteiger partial charge < -0.3 is 20.3 Å². The van der Waals surface area contributed by atoms with Gasteiger partial charge in [-0.2, -0.15) is 13.2 Å². The van der Waals surface area contributed by atoms with Crippen molar-refractivity contribution in [3.8, 4) is 0 Å². The first-order valence-electron chi connectivity index (χ1n) is 14.7. The maximum absolute atomic E-state index is 16.0. The molecule has 3 heterocycles. The number of anilines is 1. The van der Waals surface area contributed by atoms with Crippen molar-refractivity contribution in [2.75, 3.05) is 44.8 Å². The Morgan fingerprint density at radius 1 is 1.05 bits per heavy atom. The number of hydrogen-bond donors (Lipinski definition) is 3. The van der Waals surface area contributed by atoms with Crippen LogP contribution in [0.5, 0.6) is 0 Å². The van der Waals surface area contributed by atoms with E-state index in [1.807, 2.05) is 6.92 Å². The third kappa shape index (κ3) is 6.55. The number of aliphatic hydroxyl groups is 1. The van der Waals surface area contributed by atoms with Gasteiger partial charge in [-0.25, -0.2) is 17.6 Å². The predicted molar refractivity (Wildman–Crippen MR) is 152 cm³/mol. The van der Waals surface area contributed by atoms with Gasteiger partial charge in [0.25, 0.3) is 5.92 Å². The molecule has 0 saturated carbocycles. The van der Waals surface area contributed by atoms with Crippen LogP contribution in [0.25, 0.3) is 10.9 Å². The Labute approximate surface area is 250 Å². The molecule has 13 heteroatoms. The van der Waals surface area contributed by atoms with Crippen LogP contribution < -0.4 is 5.32 Å². The van der Waals surface area contributed by atoms with Gasteiger partial charge in [-0.1, -0.05) is 6.92 Å². The molecule has 0 aliphatic carbocycles. The topological polar surface area (TPSA) is 54.5 Å². The summed E-state index contributed by atoms with van der Waals surface area (Å²) in [6.07, 6.45) is -3.48. The molecule has 1 unspecified atom stereocenters. The quantitative estimate of drug-likeness (QED) is 0.225. The van der Waals surface area contributed by atoms with Crippen LogP contribution in [-0.4, -0.2) is 77.4 Å². The normalized spacial score (nSPS) is 23.7. The standard InChI is InChI=1S/C31H36F8N4O/c1-17-14-42(8-3-7-32)9-6-25(17)40-20-12-23(33)27(24(34)13-20)29-28-22(10-18(2)43(29)15-30(35,36)16-44)21-11-19(31(37,38)39)4-5-26(21)41-28/h4-5,11-13,17-18,25,29,40-41,44H,3,6-10,14-16H2,1-2H3/t17?,18-,25+,29-/m1/s1. The molecule has 0 spiro atoms. The molecule has 2 aliphatic heterocycles. The predicted octanol–water partition coefficient (Wildman–Crippen LogP) is 6.91. The molecule has 1 aromatic heterocycles. The number of aromatic nitrogens is 1. The smallest absolute Gasteiger partial charge is 0.390 e. The molecule has 1 saturated heterocycles. The van der Waals surface area contributed by atoms with Crippen LogP contribution in [0.4, 0.5) is 40.8 Å². The summed E-state index contributed by atoms with van der Waals surface area (Å²) in [4.78, 5) is 6.29. The molecule has 0 amide bonds. The molecule has 4 atom stereocenters. The van der Waals surface area contributed by atoms with Crippen molar-refractivity contribution < 1.29 is 40.2 Å². The van der Waals surface area contributed by atoms with Crippen molar-refractivity contribution in [3.05, 3.63) is 64.4 Å². The lowest BCUT2D eigenvalue weighted by atomic mass is 9.87. The number of fused-ring (bicyclic) bond motifs is 3. The molecule has 1 fully saturated rings. The van der Waals surface area contributed by atoms with Crippen molar-refractivity contribution in [2.45, 2.75) is 63.3 Å². The number of rotatable bonds is 9. The third-order valence-corrected chi connectivity index (χ3v) is 8.88. The van der Waals surface area contributed by atoms with Crippen molar-refractivity contribution >= 4 is 16.6 Å². The van der Waals surface area contributed by atoms with Crippen molar-refractivity contribution in [2.24, 2.45) is 5.92 Å². The zero-order chi connectivity index (χ0) is 32.0. The molecular weight excluding hydrogens is 596 g/mol. The van der Waals surface area contributed by atoms with Crippen LogP contribution in [0.15, 0.2) is 30.3 Å². The van der Waals surface area contributed by atoms with Gasteiger partial charge in [-0.05, 0) is 68.0 Å². The molecule has 0 radical (unpaired) electrons. The van der Waals surface area contributed by atoms with Crippen LogP contribution in [0, 0.1) is 17.6 Å². The first kappa shape index (κ1) is 32.5. The van der Waals surface area contributed by atoms with Gasteiger partial charge in [0, 0.05) is 59.6 Å². The number of H-pyrrole nitrogens is 1. The zero-order valence-electron chi connectivity index (χ0n) is 24.4. The van der Waals surface area contributed by atoms with E-state index in [2.05, 4.69) is 15.2 Å². The van der Waals surface area contributed by atoms with Crippen molar-refractivity contribution in [1.82, 2.24) is 14.8 Å². The van der Waals surface area contributed by atoms with E-state index in [1.165, 1.54) is 11.0 Å². The minimum Gasteiger partial charge on any atom is -0.390 e. The highest BCUT2D eigenvalue weighted by atomic mass is 19.4. The highest BCUT2D eigenvalue weighted by Crippen LogP contribution is 2.45. The summed E-state index contributed by atoms with van der Waals surface area (Å²) in [5, 5.41) is 12.7. The second-order valence-corrected chi connectivity index (χ2v) is 12.1. The molecule has 2 aromatic carbocycles. The summed E-state index contributed by atoms with van der Waals surface area (Å²) in [7, 11) is 0. The number of halogens is 8. The maximum atomic E-state index is 16.0. The Hall–Kier alpha value is -2.90. The summed E-state index contributed by atoms with van der Waals surface area (Å²) in [6.45, 7) is 2.64. The maximum Gasteiger partial charge on any atom is 0.416 e. The van der Waals surface area contributed by atoms with Gasteiger partial charge in [0.2, 0.25) is 0 Å². The van der Waals surface area contributed by atoms with Gasteiger partial charge in [0.15, 0.2) is 0 Å². The monoisotopic (exact) mass is 632 g/mol. The fourth-order valence-corrected chi connectivity index (χ4v) is 6.68. The van der Waals surface area contributed by atoms with E-state index in [1.54, 1.807) is 6.92 Å². The Morgan fingerprint density at radius 2 is 1.75 bits per heavy atom. The Kier molecular flexibility index (Phi) is 9.21. The second kappa shape index (κ2) is 12.5. The molecule has 3 N–H and O–H groups in total.